The van der Waals surface area contributed by atoms with Crippen molar-refractivity contribution >= 4 is 5.91 Å². The van der Waals surface area contributed by atoms with E-state index in [9.17, 15) is 0 Å². The van der Waals surface area contributed by atoms with Crippen molar-refractivity contribution in [1.29, 1.82) is 0 Å². The molecular formula is C95H142N2O11. The fraction of sp³-hybridized carbons (Fsp3) is 0.611. The summed E-state index contributed by atoms with van der Waals surface area (Å²) in [6, 6.07) is 56.1. The van der Waals surface area contributed by atoms with E-state index in [2.05, 4.69) is 91.7 Å². The Hall–Kier alpha value is -5.97. The Morgan fingerprint density at radius 3 is 1.17 bits per heavy atom. The SMILES string of the molecule is CCCCCCCCCCCCCC[C@@H](OCc1ccc(OC)cc1)[C@@H](OCc1ccc(OC)cc1)[C@H](CO[C@H]1O[C@H](COCc2ccccc2)[C@H](OCc2ccccc2)[C@H](OCc2ccccc2)[C@H]1OCc1ccccc1)NC(=O)CCCCCCCCCCN(CCCCCCCC)CCCCCCCC. The van der Waals surface area contributed by atoms with E-state index in [1.54, 1.807) is 14.2 Å². The number of hydrogen-bond donors (Lipinski definition) is 1. The third kappa shape index (κ3) is 37.8. The lowest BCUT2D eigenvalue weighted by Gasteiger charge is -2.46. The number of carbonyl (C=O) groups is 1. The molecule has 1 N–H and O–H groups in total. The maximum Gasteiger partial charge on any atom is 0.220 e. The van der Waals surface area contributed by atoms with Crippen LogP contribution in [0.5, 0.6) is 11.5 Å². The molecule has 7 rings (SSSR count). The van der Waals surface area contributed by atoms with Gasteiger partial charge in [0.2, 0.25) is 5.91 Å². The van der Waals surface area contributed by atoms with Gasteiger partial charge in [0.05, 0.1) is 79.2 Å². The van der Waals surface area contributed by atoms with Crippen LogP contribution in [0, 0.1) is 0 Å². The first-order chi connectivity index (χ1) is 53.4. The van der Waals surface area contributed by atoms with Gasteiger partial charge in [-0.1, -0.05) is 346 Å². The summed E-state index contributed by atoms with van der Waals surface area (Å²) in [5, 5.41) is 3.59. The van der Waals surface area contributed by atoms with E-state index in [0.29, 0.717) is 32.7 Å². The molecule has 13 heteroatoms. The summed E-state index contributed by atoms with van der Waals surface area (Å²) >= 11 is 0. The van der Waals surface area contributed by atoms with Crippen molar-refractivity contribution in [3.8, 4) is 11.5 Å². The van der Waals surface area contributed by atoms with Gasteiger partial charge in [0.1, 0.15) is 42.0 Å². The molecule has 1 aliphatic rings. The van der Waals surface area contributed by atoms with Crippen LogP contribution in [0.4, 0.5) is 0 Å². The number of amides is 1. The zero-order chi connectivity index (χ0) is 75.8. The lowest BCUT2D eigenvalue weighted by Crippen LogP contribution is -2.62. The molecule has 0 saturated carbocycles. The third-order valence-electron chi connectivity index (χ3n) is 21.2. The fourth-order valence-electron chi connectivity index (χ4n) is 14.7. The summed E-state index contributed by atoms with van der Waals surface area (Å²) in [4.78, 5) is 17.9. The predicted molar refractivity (Wildman–Crippen MR) is 441 cm³/mol. The van der Waals surface area contributed by atoms with Crippen molar-refractivity contribution in [3.05, 3.63) is 203 Å². The molecule has 108 heavy (non-hydrogen) atoms. The minimum atomic E-state index is -1.04. The lowest BCUT2D eigenvalue weighted by molar-refractivity contribution is -0.330. The van der Waals surface area contributed by atoms with Gasteiger partial charge in [0.15, 0.2) is 6.29 Å². The second-order valence-electron chi connectivity index (χ2n) is 30.3. The highest BCUT2D eigenvalue weighted by molar-refractivity contribution is 5.76. The van der Waals surface area contributed by atoms with E-state index in [1.807, 2.05) is 109 Å². The molecule has 1 aliphatic heterocycles. The molecule has 0 radical (unpaired) electrons. The van der Waals surface area contributed by atoms with Gasteiger partial charge in [-0.25, -0.2) is 0 Å². The number of unbranched alkanes of at least 4 members (excludes halogenated alkanes) is 28. The Labute approximate surface area is 654 Å². The number of methoxy groups -OCH3 is 2. The first-order valence-electron chi connectivity index (χ1n) is 42.7. The third-order valence-corrected chi connectivity index (χ3v) is 21.2. The van der Waals surface area contributed by atoms with Crippen LogP contribution in [-0.2, 0) is 82.3 Å². The molecule has 1 fully saturated rings. The Morgan fingerprint density at radius 1 is 0.380 bits per heavy atom. The standard InChI is InChI=1S/C95H142N2O11/c1-6-9-12-15-18-19-20-21-22-25-28-45-58-88(102-72-83-60-64-85(99-4)65-61-83)91(103-76-84-62-66-86(100-5)67-63-84)87(96-90(98)59-46-29-26-23-24-27-32-49-70-97(68-47-30-16-13-10-7-2)69-48-31-17-14-11-8-3)77-107-95-94(106-75-82-56-43-36-44-57-82)93(105-74-81-54-41-35-42-55-81)92(104-73-80-52-39-34-40-53-80)89(108-95)78-101-71-79-50-37-33-38-51-79/h33-44,50-57,60-67,87-89,91-95H,6-32,45-49,58-59,68-78H2,1-5H3,(H,96,98)/t87-,88+,89+,91-,92-,93-,94+,95-/m0/s1. The first-order valence-corrected chi connectivity index (χ1v) is 42.7. The maximum atomic E-state index is 15.1. The molecule has 6 aromatic rings. The Bertz CT molecular complexity index is 3060. The number of ether oxygens (including phenoxy) is 10. The smallest absolute Gasteiger partial charge is 0.220 e. The average Bonchev–Trinajstić information content (AvgIpc) is 0.783. The maximum absolute atomic E-state index is 15.1. The van der Waals surface area contributed by atoms with Gasteiger partial charge in [0.25, 0.3) is 0 Å². The molecule has 6 aromatic carbocycles. The van der Waals surface area contributed by atoms with Crippen molar-refractivity contribution < 1.29 is 52.2 Å². The van der Waals surface area contributed by atoms with Crippen molar-refractivity contribution in [1.82, 2.24) is 10.2 Å². The van der Waals surface area contributed by atoms with Crippen molar-refractivity contribution in [2.75, 3.05) is 47.1 Å². The highest BCUT2D eigenvalue weighted by Gasteiger charge is 2.50. The molecule has 13 nitrogen and oxygen atoms in total. The minimum Gasteiger partial charge on any atom is -0.497 e. The number of benzene rings is 6. The molecule has 0 aromatic heterocycles. The summed E-state index contributed by atoms with van der Waals surface area (Å²) in [6.45, 7) is 12.5. The van der Waals surface area contributed by atoms with Crippen LogP contribution >= 0.6 is 0 Å². The minimum absolute atomic E-state index is 0.00981. The second-order valence-corrected chi connectivity index (χ2v) is 30.3. The molecule has 0 unspecified atom stereocenters. The highest BCUT2D eigenvalue weighted by atomic mass is 16.7. The quantitative estimate of drug-likeness (QED) is 0.0366. The van der Waals surface area contributed by atoms with Crippen molar-refractivity contribution in [3.63, 3.8) is 0 Å². The highest BCUT2D eigenvalue weighted by Crippen LogP contribution is 2.33. The molecule has 1 amide bonds. The van der Waals surface area contributed by atoms with Crippen LogP contribution in [0.3, 0.4) is 0 Å². The Balaban J connectivity index is 1.16. The molecular weight excluding hydrogens is 1350 g/mol. The van der Waals surface area contributed by atoms with E-state index >= 15 is 4.79 Å². The second kappa shape index (κ2) is 58.0. The van der Waals surface area contributed by atoms with Crippen LogP contribution in [0.25, 0.3) is 0 Å². The molecule has 0 aliphatic carbocycles. The van der Waals surface area contributed by atoms with E-state index in [-0.39, 0.29) is 38.9 Å². The fourth-order valence-corrected chi connectivity index (χ4v) is 14.7. The largest absolute Gasteiger partial charge is 0.497 e. The lowest BCUT2D eigenvalue weighted by atomic mass is 9.97. The normalized spacial score (nSPS) is 16.7. The van der Waals surface area contributed by atoms with Gasteiger partial charge < -0.3 is 57.6 Å². The van der Waals surface area contributed by atoms with Crippen molar-refractivity contribution in [2.45, 2.75) is 328 Å². The summed E-state index contributed by atoms with van der Waals surface area (Å²) in [5.74, 6) is 1.48. The van der Waals surface area contributed by atoms with Gasteiger partial charge in [-0.3, -0.25) is 4.79 Å². The van der Waals surface area contributed by atoms with Crippen molar-refractivity contribution in [2.24, 2.45) is 0 Å². The molecule has 1 heterocycles. The number of carbonyl (C=O) groups excluding carboxylic acids is 1. The van der Waals surface area contributed by atoms with Crippen LogP contribution in [0.15, 0.2) is 170 Å². The monoisotopic (exact) mass is 1490 g/mol. The molecule has 598 valence electrons. The molecule has 0 bridgehead atoms. The summed E-state index contributed by atoms with van der Waals surface area (Å²) in [5.41, 5.74) is 5.99. The van der Waals surface area contributed by atoms with Gasteiger partial charge >= 0.3 is 0 Å². The van der Waals surface area contributed by atoms with Crippen LogP contribution in [0.2, 0.25) is 0 Å². The van der Waals surface area contributed by atoms with E-state index in [1.165, 1.54) is 187 Å². The van der Waals surface area contributed by atoms with Crippen LogP contribution in [0.1, 0.15) is 272 Å². The van der Waals surface area contributed by atoms with Crippen LogP contribution < -0.4 is 14.8 Å². The van der Waals surface area contributed by atoms with Gasteiger partial charge in [-0.15, -0.1) is 0 Å². The molecule has 8 atom stereocenters. The molecule has 0 spiro atoms. The van der Waals surface area contributed by atoms with Gasteiger partial charge in [0, 0.05) is 6.42 Å². The Kier molecular flexibility index (Phi) is 47.9. The number of hydrogen-bond acceptors (Lipinski definition) is 12. The predicted octanol–water partition coefficient (Wildman–Crippen LogP) is 23.0. The topological polar surface area (TPSA) is 125 Å². The zero-order valence-electron chi connectivity index (χ0n) is 67.5. The Morgan fingerprint density at radius 2 is 0.741 bits per heavy atom. The van der Waals surface area contributed by atoms with E-state index < -0.39 is 49.0 Å². The number of rotatable bonds is 65. The van der Waals surface area contributed by atoms with Crippen LogP contribution in [-0.4, -0.2) is 107 Å². The first kappa shape index (κ1) is 89.2. The van der Waals surface area contributed by atoms with E-state index in [0.717, 1.165) is 83.4 Å². The van der Waals surface area contributed by atoms with Gasteiger partial charge in [-0.05, 0) is 109 Å². The average molecular weight is 1490 g/mol. The summed E-state index contributed by atoms with van der Waals surface area (Å²) in [7, 11) is 3.37. The van der Waals surface area contributed by atoms with Gasteiger partial charge in [-0.2, -0.15) is 0 Å². The summed E-state index contributed by atoms with van der Waals surface area (Å²) < 4.78 is 68.7. The zero-order valence-corrected chi connectivity index (χ0v) is 67.5. The number of nitrogens with one attached hydrogen (secondary N) is 1. The summed E-state index contributed by atoms with van der Waals surface area (Å²) in [6.07, 6.45) is 36.0. The van der Waals surface area contributed by atoms with E-state index in [4.69, 9.17) is 47.4 Å². The molecule has 1 saturated heterocycles. The number of nitrogens with zero attached hydrogens (tertiary/aromatic N) is 1.